The Kier molecular flexibility index (Phi) is 6.83. The second kappa shape index (κ2) is 10.1. The number of fused-ring (bicyclic) bond motifs is 1. The summed E-state index contributed by atoms with van der Waals surface area (Å²) in [6, 6.07) is 19.2. The second-order valence-electron chi connectivity index (χ2n) is 7.93. The van der Waals surface area contributed by atoms with Crippen molar-refractivity contribution in [3.05, 3.63) is 105 Å². The lowest BCUT2D eigenvalue weighted by Crippen LogP contribution is -2.30. The third kappa shape index (κ3) is 5.29. The first-order chi connectivity index (χ1) is 16.0. The number of nitrogens with one attached hydrogen (secondary N) is 1. The van der Waals surface area contributed by atoms with Crippen molar-refractivity contribution in [3.8, 4) is 5.75 Å². The molecule has 0 aliphatic rings. The van der Waals surface area contributed by atoms with Crippen molar-refractivity contribution in [2.45, 2.75) is 26.7 Å². The third-order valence-corrected chi connectivity index (χ3v) is 5.67. The van der Waals surface area contributed by atoms with Crippen molar-refractivity contribution in [3.63, 3.8) is 0 Å². The van der Waals surface area contributed by atoms with E-state index in [9.17, 15) is 9.59 Å². The highest BCUT2D eigenvalue weighted by Gasteiger charge is 2.16. The smallest absolute Gasteiger partial charge is 0.340 e. The monoisotopic (exact) mass is 442 g/mol. The van der Waals surface area contributed by atoms with Gasteiger partial charge in [-0.15, -0.1) is 0 Å². The molecular weight excluding hydrogens is 416 g/mol. The Morgan fingerprint density at radius 1 is 1.00 bits per heavy atom. The van der Waals surface area contributed by atoms with Gasteiger partial charge in [-0.1, -0.05) is 36.4 Å². The van der Waals surface area contributed by atoms with Crippen LogP contribution in [0.1, 0.15) is 27.9 Å². The zero-order valence-electron chi connectivity index (χ0n) is 18.8. The molecule has 0 aliphatic heterocycles. The summed E-state index contributed by atoms with van der Waals surface area (Å²) in [4.78, 5) is 29.2. The largest absolute Gasteiger partial charge is 0.483 e. The number of benzene rings is 2. The van der Waals surface area contributed by atoms with Gasteiger partial charge in [0.2, 0.25) is 0 Å². The van der Waals surface area contributed by atoms with Crippen LogP contribution in [-0.4, -0.2) is 24.0 Å². The van der Waals surface area contributed by atoms with E-state index in [0.29, 0.717) is 41.8 Å². The zero-order valence-corrected chi connectivity index (χ0v) is 18.8. The highest BCUT2D eigenvalue weighted by molar-refractivity contribution is 5.86. The number of hydrogen-bond acceptors (Lipinski definition) is 5. The molecule has 0 atom stereocenters. The number of amides is 1. The van der Waals surface area contributed by atoms with Crippen LogP contribution in [0.5, 0.6) is 5.75 Å². The molecule has 6 nitrogen and oxygen atoms in total. The SMILES string of the molecule is Cc1c(Cc2ccccc2)c(=O)oc2c(C)c(OCC(=O)NCCc3ccccn3)ccc12. The van der Waals surface area contributed by atoms with Gasteiger partial charge >= 0.3 is 5.63 Å². The molecule has 2 aromatic carbocycles. The van der Waals surface area contributed by atoms with Crippen molar-refractivity contribution >= 4 is 16.9 Å². The van der Waals surface area contributed by atoms with Gasteiger partial charge in [-0.05, 0) is 49.2 Å². The van der Waals surface area contributed by atoms with Gasteiger partial charge in [-0.25, -0.2) is 4.79 Å². The minimum atomic E-state index is -0.351. The van der Waals surface area contributed by atoms with Crippen molar-refractivity contribution in [2.75, 3.05) is 13.2 Å². The quantitative estimate of drug-likeness (QED) is 0.415. The van der Waals surface area contributed by atoms with Crippen molar-refractivity contribution in [1.29, 1.82) is 0 Å². The van der Waals surface area contributed by atoms with Gasteiger partial charge in [0.25, 0.3) is 5.91 Å². The fraction of sp³-hybridized carbons (Fsp3) is 0.222. The highest BCUT2D eigenvalue weighted by atomic mass is 16.5. The third-order valence-electron chi connectivity index (χ3n) is 5.67. The summed E-state index contributed by atoms with van der Waals surface area (Å²) in [5, 5.41) is 3.70. The Labute approximate surface area is 192 Å². The van der Waals surface area contributed by atoms with Crippen LogP contribution < -0.4 is 15.7 Å². The number of pyridine rings is 1. The van der Waals surface area contributed by atoms with E-state index in [2.05, 4.69) is 10.3 Å². The number of ether oxygens (including phenoxy) is 1. The Hall–Kier alpha value is -3.93. The summed E-state index contributed by atoms with van der Waals surface area (Å²) < 4.78 is 11.4. The van der Waals surface area contributed by atoms with Crippen LogP contribution >= 0.6 is 0 Å². The Balaban J connectivity index is 1.44. The lowest BCUT2D eigenvalue weighted by atomic mass is 9.98. The standard InChI is InChI=1S/C27H26N2O4/c1-18-22-11-12-24(32-17-25(30)29-15-13-21-10-6-7-14-28-21)19(2)26(22)33-27(31)23(18)16-20-8-4-3-5-9-20/h3-12,14H,13,15-17H2,1-2H3,(H,29,30). The molecule has 0 radical (unpaired) electrons. The summed E-state index contributed by atoms with van der Waals surface area (Å²) in [6.07, 6.45) is 2.89. The first-order valence-corrected chi connectivity index (χ1v) is 10.9. The lowest BCUT2D eigenvalue weighted by molar-refractivity contribution is -0.123. The van der Waals surface area contributed by atoms with E-state index in [1.165, 1.54) is 0 Å². The summed E-state index contributed by atoms with van der Waals surface area (Å²) in [6.45, 7) is 4.13. The molecule has 2 heterocycles. The molecule has 4 rings (SSSR count). The molecule has 0 aliphatic carbocycles. The van der Waals surface area contributed by atoms with Gasteiger partial charge in [-0.3, -0.25) is 9.78 Å². The molecule has 0 fully saturated rings. The number of aryl methyl sites for hydroxylation is 2. The minimum absolute atomic E-state index is 0.121. The van der Waals surface area contributed by atoms with E-state index in [0.717, 1.165) is 22.2 Å². The summed E-state index contributed by atoms with van der Waals surface area (Å²) in [7, 11) is 0. The van der Waals surface area contributed by atoms with E-state index < -0.39 is 0 Å². The topological polar surface area (TPSA) is 81.4 Å². The average Bonchev–Trinajstić information content (AvgIpc) is 2.83. The number of hydrogen-bond donors (Lipinski definition) is 1. The molecule has 0 spiro atoms. The number of nitrogens with zero attached hydrogens (tertiary/aromatic N) is 1. The minimum Gasteiger partial charge on any atom is -0.483 e. The maximum Gasteiger partial charge on any atom is 0.340 e. The van der Waals surface area contributed by atoms with Crippen LogP contribution in [-0.2, 0) is 17.6 Å². The Bertz CT molecular complexity index is 1320. The molecule has 0 saturated carbocycles. The Morgan fingerprint density at radius 2 is 1.79 bits per heavy atom. The summed E-state index contributed by atoms with van der Waals surface area (Å²) in [5.41, 5.74) is 4.35. The summed E-state index contributed by atoms with van der Waals surface area (Å²) in [5.74, 6) is 0.294. The van der Waals surface area contributed by atoms with Crippen LogP contribution in [0.25, 0.3) is 11.0 Å². The number of carbonyl (C=O) groups is 1. The van der Waals surface area contributed by atoms with Gasteiger partial charge < -0.3 is 14.5 Å². The predicted octanol–water partition coefficient (Wildman–Crippen LogP) is 4.13. The Morgan fingerprint density at radius 3 is 2.55 bits per heavy atom. The van der Waals surface area contributed by atoms with Crippen molar-refractivity contribution < 1.29 is 13.9 Å². The van der Waals surface area contributed by atoms with Gasteiger partial charge in [-0.2, -0.15) is 0 Å². The highest BCUT2D eigenvalue weighted by Crippen LogP contribution is 2.30. The van der Waals surface area contributed by atoms with E-state index in [-0.39, 0.29) is 18.1 Å². The fourth-order valence-corrected chi connectivity index (χ4v) is 3.80. The predicted molar refractivity (Wildman–Crippen MR) is 128 cm³/mol. The molecule has 4 aromatic rings. The van der Waals surface area contributed by atoms with Crippen molar-refractivity contribution in [1.82, 2.24) is 10.3 Å². The molecule has 0 bridgehead atoms. The van der Waals surface area contributed by atoms with Crippen LogP contribution in [0.4, 0.5) is 0 Å². The fourth-order valence-electron chi connectivity index (χ4n) is 3.80. The molecule has 2 aromatic heterocycles. The van der Waals surface area contributed by atoms with Gasteiger partial charge in [0.15, 0.2) is 6.61 Å². The van der Waals surface area contributed by atoms with E-state index in [1.807, 2.05) is 74.5 Å². The van der Waals surface area contributed by atoms with E-state index in [4.69, 9.17) is 9.15 Å². The van der Waals surface area contributed by atoms with E-state index >= 15 is 0 Å². The normalized spacial score (nSPS) is 10.8. The van der Waals surface area contributed by atoms with Crippen LogP contribution in [0, 0.1) is 13.8 Å². The second-order valence-corrected chi connectivity index (χ2v) is 7.93. The van der Waals surface area contributed by atoms with Crippen LogP contribution in [0.3, 0.4) is 0 Å². The first-order valence-electron chi connectivity index (χ1n) is 10.9. The maximum atomic E-state index is 12.7. The summed E-state index contributed by atoms with van der Waals surface area (Å²) >= 11 is 0. The zero-order chi connectivity index (χ0) is 23.2. The molecule has 33 heavy (non-hydrogen) atoms. The molecular formula is C27H26N2O4. The van der Waals surface area contributed by atoms with Crippen LogP contribution in [0.2, 0.25) is 0 Å². The molecule has 1 N–H and O–H groups in total. The average molecular weight is 443 g/mol. The molecule has 1 amide bonds. The van der Waals surface area contributed by atoms with E-state index in [1.54, 1.807) is 6.20 Å². The van der Waals surface area contributed by atoms with Crippen molar-refractivity contribution in [2.24, 2.45) is 0 Å². The number of carbonyl (C=O) groups excluding carboxylic acids is 1. The van der Waals surface area contributed by atoms with Gasteiger partial charge in [0.05, 0.1) is 0 Å². The number of aromatic nitrogens is 1. The van der Waals surface area contributed by atoms with Crippen LogP contribution in [0.15, 0.2) is 76.1 Å². The number of rotatable bonds is 8. The maximum absolute atomic E-state index is 12.7. The molecule has 0 saturated heterocycles. The molecule has 6 heteroatoms. The van der Waals surface area contributed by atoms with Gasteiger partial charge in [0, 0.05) is 47.8 Å². The van der Waals surface area contributed by atoms with Gasteiger partial charge in [0.1, 0.15) is 11.3 Å². The molecule has 168 valence electrons. The first kappa shape index (κ1) is 22.3. The lowest BCUT2D eigenvalue weighted by Gasteiger charge is -2.13. The molecule has 0 unspecified atom stereocenters.